The van der Waals surface area contributed by atoms with Gasteiger partial charge in [-0.15, -0.1) is 0 Å². The quantitative estimate of drug-likeness (QED) is 0.593. The largest absolute Gasteiger partial charge is 0.402 e. The maximum atomic E-state index is 11.1. The van der Waals surface area contributed by atoms with Crippen molar-refractivity contribution in [2.75, 3.05) is 7.05 Å². The van der Waals surface area contributed by atoms with Crippen LogP contribution in [0.1, 0.15) is 26.7 Å². The lowest BCUT2D eigenvalue weighted by atomic mass is 10.1. The van der Waals surface area contributed by atoms with Crippen LogP contribution in [0.15, 0.2) is 11.3 Å². The standard InChI is InChI=1S/C8H16N2O/c1-4-6(7(9)5-2)8(11)10-3/h4-5,9H2,1-3H3,(H,10,11)/b7-6-. The van der Waals surface area contributed by atoms with Gasteiger partial charge in [-0.2, -0.15) is 0 Å². The SMILES string of the molecule is CC/C(N)=C(\CC)C(=O)NC. The molecular weight excluding hydrogens is 140 g/mol. The summed E-state index contributed by atoms with van der Waals surface area (Å²) in [5.74, 6) is -0.0631. The summed E-state index contributed by atoms with van der Waals surface area (Å²) in [6.45, 7) is 3.86. The number of nitrogens with one attached hydrogen (secondary N) is 1. The van der Waals surface area contributed by atoms with Crippen LogP contribution in [-0.2, 0) is 4.79 Å². The summed E-state index contributed by atoms with van der Waals surface area (Å²) in [4.78, 5) is 11.1. The number of amides is 1. The fourth-order valence-corrected chi connectivity index (χ4v) is 0.898. The molecule has 0 aliphatic rings. The molecule has 1 amide bonds. The van der Waals surface area contributed by atoms with Crippen LogP contribution < -0.4 is 11.1 Å². The van der Waals surface area contributed by atoms with Gasteiger partial charge in [0, 0.05) is 18.3 Å². The van der Waals surface area contributed by atoms with E-state index < -0.39 is 0 Å². The third kappa shape index (κ3) is 2.62. The molecule has 0 rings (SSSR count). The average Bonchev–Trinajstić information content (AvgIpc) is 2.05. The Bertz CT molecular complexity index is 173. The van der Waals surface area contributed by atoms with Crippen LogP contribution >= 0.6 is 0 Å². The molecule has 64 valence electrons. The van der Waals surface area contributed by atoms with Gasteiger partial charge < -0.3 is 11.1 Å². The predicted octanol–water partition coefficient (Wildman–Crippen LogP) is 0.765. The Morgan fingerprint density at radius 1 is 1.36 bits per heavy atom. The van der Waals surface area contributed by atoms with Crippen molar-refractivity contribution in [1.29, 1.82) is 0 Å². The molecule has 0 aromatic heterocycles. The second-order valence-electron chi connectivity index (χ2n) is 2.29. The highest BCUT2D eigenvalue weighted by atomic mass is 16.1. The molecule has 0 aromatic rings. The van der Waals surface area contributed by atoms with Gasteiger partial charge in [-0.05, 0) is 12.8 Å². The molecular formula is C8H16N2O. The molecule has 0 aliphatic carbocycles. The number of rotatable bonds is 3. The molecule has 0 aliphatic heterocycles. The Hall–Kier alpha value is -0.990. The molecule has 0 heterocycles. The van der Waals surface area contributed by atoms with Gasteiger partial charge in [-0.3, -0.25) is 4.79 Å². The molecule has 3 nitrogen and oxygen atoms in total. The summed E-state index contributed by atoms with van der Waals surface area (Å²) in [5.41, 5.74) is 7.01. The molecule has 0 saturated carbocycles. The van der Waals surface area contributed by atoms with E-state index in [1.165, 1.54) is 0 Å². The van der Waals surface area contributed by atoms with Gasteiger partial charge in [0.1, 0.15) is 0 Å². The molecule has 0 atom stereocenters. The van der Waals surface area contributed by atoms with Crippen LogP contribution in [0, 0.1) is 0 Å². The molecule has 0 aromatic carbocycles. The van der Waals surface area contributed by atoms with Crippen LogP contribution in [0.2, 0.25) is 0 Å². The molecule has 0 saturated heterocycles. The van der Waals surface area contributed by atoms with E-state index in [0.29, 0.717) is 17.7 Å². The van der Waals surface area contributed by atoms with E-state index >= 15 is 0 Å². The van der Waals surface area contributed by atoms with E-state index in [4.69, 9.17) is 5.73 Å². The van der Waals surface area contributed by atoms with Crippen molar-refractivity contribution in [3.63, 3.8) is 0 Å². The van der Waals surface area contributed by atoms with Crippen molar-refractivity contribution in [2.45, 2.75) is 26.7 Å². The molecule has 3 N–H and O–H groups in total. The highest BCUT2D eigenvalue weighted by Crippen LogP contribution is 2.06. The van der Waals surface area contributed by atoms with Crippen LogP contribution in [-0.4, -0.2) is 13.0 Å². The fraction of sp³-hybridized carbons (Fsp3) is 0.625. The van der Waals surface area contributed by atoms with Crippen LogP contribution in [0.3, 0.4) is 0 Å². The van der Waals surface area contributed by atoms with Crippen molar-refractivity contribution in [3.05, 3.63) is 11.3 Å². The predicted molar refractivity (Wildman–Crippen MR) is 45.9 cm³/mol. The zero-order valence-electron chi connectivity index (χ0n) is 7.40. The number of carbonyl (C=O) groups is 1. The Balaban J connectivity index is 4.50. The van der Waals surface area contributed by atoms with Crippen molar-refractivity contribution >= 4 is 5.91 Å². The summed E-state index contributed by atoms with van der Waals surface area (Å²) in [6, 6.07) is 0. The van der Waals surface area contributed by atoms with Gasteiger partial charge in [0.2, 0.25) is 5.91 Å². The van der Waals surface area contributed by atoms with E-state index in [1.54, 1.807) is 7.05 Å². The molecule has 0 unspecified atom stereocenters. The van der Waals surface area contributed by atoms with Gasteiger partial charge in [-0.25, -0.2) is 0 Å². The highest BCUT2D eigenvalue weighted by molar-refractivity contribution is 5.93. The Morgan fingerprint density at radius 3 is 2.18 bits per heavy atom. The third-order valence-electron chi connectivity index (χ3n) is 1.62. The molecule has 0 fully saturated rings. The minimum Gasteiger partial charge on any atom is -0.402 e. The number of nitrogens with two attached hydrogens (primary N) is 1. The first kappa shape index (κ1) is 10.0. The lowest BCUT2D eigenvalue weighted by Crippen LogP contribution is -2.22. The summed E-state index contributed by atoms with van der Waals surface area (Å²) >= 11 is 0. The highest BCUT2D eigenvalue weighted by Gasteiger charge is 2.07. The Morgan fingerprint density at radius 2 is 1.91 bits per heavy atom. The minimum atomic E-state index is -0.0631. The zero-order valence-corrected chi connectivity index (χ0v) is 7.40. The maximum Gasteiger partial charge on any atom is 0.248 e. The molecule has 0 spiro atoms. The van der Waals surface area contributed by atoms with Gasteiger partial charge in [-0.1, -0.05) is 13.8 Å². The first-order chi connectivity index (χ1) is 5.17. The Kier molecular flexibility index (Phi) is 4.34. The summed E-state index contributed by atoms with van der Waals surface area (Å²) in [7, 11) is 1.61. The van der Waals surface area contributed by atoms with Gasteiger partial charge in [0.05, 0.1) is 0 Å². The summed E-state index contributed by atoms with van der Waals surface area (Å²) in [6.07, 6.45) is 1.43. The fourth-order valence-electron chi connectivity index (χ4n) is 0.898. The second-order valence-corrected chi connectivity index (χ2v) is 2.29. The average molecular weight is 156 g/mol. The smallest absolute Gasteiger partial charge is 0.248 e. The number of hydrogen-bond donors (Lipinski definition) is 2. The lowest BCUT2D eigenvalue weighted by Gasteiger charge is -2.06. The first-order valence-corrected chi connectivity index (χ1v) is 3.86. The lowest BCUT2D eigenvalue weighted by molar-refractivity contribution is -0.117. The minimum absolute atomic E-state index is 0.0631. The van der Waals surface area contributed by atoms with E-state index in [9.17, 15) is 4.79 Å². The number of carbonyl (C=O) groups excluding carboxylic acids is 1. The van der Waals surface area contributed by atoms with Gasteiger partial charge in [0.25, 0.3) is 0 Å². The van der Waals surface area contributed by atoms with Crippen LogP contribution in [0.4, 0.5) is 0 Å². The summed E-state index contributed by atoms with van der Waals surface area (Å²) < 4.78 is 0. The monoisotopic (exact) mass is 156 g/mol. The first-order valence-electron chi connectivity index (χ1n) is 3.86. The number of hydrogen-bond acceptors (Lipinski definition) is 2. The van der Waals surface area contributed by atoms with Crippen LogP contribution in [0.25, 0.3) is 0 Å². The van der Waals surface area contributed by atoms with E-state index in [0.717, 1.165) is 6.42 Å². The molecule has 0 bridgehead atoms. The van der Waals surface area contributed by atoms with Gasteiger partial charge in [0.15, 0.2) is 0 Å². The Labute approximate surface area is 67.7 Å². The van der Waals surface area contributed by atoms with E-state index in [1.807, 2.05) is 13.8 Å². The molecule has 3 heteroatoms. The topological polar surface area (TPSA) is 55.1 Å². The van der Waals surface area contributed by atoms with Crippen molar-refractivity contribution in [3.8, 4) is 0 Å². The van der Waals surface area contributed by atoms with Crippen LogP contribution in [0.5, 0.6) is 0 Å². The third-order valence-corrected chi connectivity index (χ3v) is 1.62. The van der Waals surface area contributed by atoms with E-state index in [2.05, 4.69) is 5.32 Å². The van der Waals surface area contributed by atoms with Gasteiger partial charge >= 0.3 is 0 Å². The van der Waals surface area contributed by atoms with Crippen molar-refractivity contribution in [2.24, 2.45) is 5.73 Å². The number of likely N-dealkylation sites (N-methyl/N-ethyl adjacent to an activating group) is 1. The normalized spacial score (nSPS) is 12.3. The zero-order chi connectivity index (χ0) is 8.85. The second kappa shape index (κ2) is 4.77. The maximum absolute atomic E-state index is 11.1. The summed E-state index contributed by atoms with van der Waals surface area (Å²) in [5, 5.41) is 2.55. The van der Waals surface area contributed by atoms with Crippen molar-refractivity contribution < 1.29 is 4.79 Å². The number of allylic oxidation sites excluding steroid dienone is 1. The molecule has 11 heavy (non-hydrogen) atoms. The molecule has 0 radical (unpaired) electrons. The van der Waals surface area contributed by atoms with Crippen molar-refractivity contribution in [1.82, 2.24) is 5.32 Å². The van der Waals surface area contributed by atoms with E-state index in [-0.39, 0.29) is 5.91 Å².